The second kappa shape index (κ2) is 15.1. The first-order chi connectivity index (χ1) is 20.7. The molecule has 0 N–H and O–H groups in total. The lowest BCUT2D eigenvalue weighted by atomic mass is 9.95. The van der Waals surface area contributed by atoms with Gasteiger partial charge in [0.25, 0.3) is 0 Å². The topological polar surface area (TPSA) is 74.3 Å². The highest BCUT2D eigenvalue weighted by atomic mass is 16.6. The Morgan fingerprint density at radius 3 is 1.60 bits per heavy atom. The predicted octanol–water partition coefficient (Wildman–Crippen LogP) is 6.31. The van der Waals surface area contributed by atoms with Crippen molar-refractivity contribution in [3.8, 4) is 0 Å². The lowest BCUT2D eigenvalue weighted by Crippen LogP contribution is -2.62. The van der Waals surface area contributed by atoms with E-state index in [-0.39, 0.29) is 32.1 Å². The molecule has 3 atom stereocenters. The summed E-state index contributed by atoms with van der Waals surface area (Å²) in [7, 11) is 0. The van der Waals surface area contributed by atoms with E-state index in [1.807, 2.05) is 121 Å². The van der Waals surface area contributed by atoms with Crippen molar-refractivity contribution in [1.29, 1.82) is 0 Å². The molecule has 7 heteroatoms. The van der Waals surface area contributed by atoms with Gasteiger partial charge in [0.05, 0.1) is 45.0 Å². The van der Waals surface area contributed by atoms with Crippen LogP contribution in [0.5, 0.6) is 0 Å². The molecule has 1 aliphatic heterocycles. The van der Waals surface area contributed by atoms with E-state index < -0.39 is 24.3 Å². The van der Waals surface area contributed by atoms with Crippen LogP contribution >= 0.6 is 0 Å². The van der Waals surface area contributed by atoms with Crippen molar-refractivity contribution in [3.63, 3.8) is 0 Å². The maximum Gasteiger partial charge on any atom is 0.417 e. The standard InChI is InChI=1S/C35H35NO6/c37-33-21-32(40-23-28-15-7-2-8-16-28)34(41-24-29-17-9-3-10-18-29)31(26-39-22-27-13-5-1-6-14-27)36(33)35(38)42-25-30-19-11-4-12-20-30/h1-20,31-32,34H,21-26H2/t31-,32+,34+/m0/s1. The summed E-state index contributed by atoms with van der Waals surface area (Å²) in [5.41, 5.74) is 3.76. The van der Waals surface area contributed by atoms with Gasteiger partial charge >= 0.3 is 6.09 Å². The van der Waals surface area contributed by atoms with E-state index in [1.54, 1.807) is 0 Å². The number of imide groups is 1. The fourth-order valence-electron chi connectivity index (χ4n) is 4.95. The number of piperidine rings is 1. The van der Waals surface area contributed by atoms with Gasteiger partial charge in [0, 0.05) is 0 Å². The van der Waals surface area contributed by atoms with Crippen LogP contribution in [0.1, 0.15) is 28.7 Å². The molecule has 216 valence electrons. The molecule has 4 aromatic rings. The number of nitrogens with zero attached hydrogens (tertiary/aromatic N) is 1. The molecule has 0 spiro atoms. The second-order valence-corrected chi connectivity index (χ2v) is 10.2. The molecule has 0 aliphatic carbocycles. The molecular weight excluding hydrogens is 530 g/mol. The summed E-state index contributed by atoms with van der Waals surface area (Å²) in [6, 6.07) is 37.9. The van der Waals surface area contributed by atoms with Crippen LogP contribution in [0.15, 0.2) is 121 Å². The number of benzene rings is 4. The van der Waals surface area contributed by atoms with Gasteiger partial charge in [-0.3, -0.25) is 4.79 Å². The summed E-state index contributed by atoms with van der Waals surface area (Å²) < 4.78 is 24.5. The minimum atomic E-state index is -0.761. The van der Waals surface area contributed by atoms with Crippen LogP contribution in [0.3, 0.4) is 0 Å². The quantitative estimate of drug-likeness (QED) is 0.200. The summed E-state index contributed by atoms with van der Waals surface area (Å²) in [5.74, 6) is -0.390. The summed E-state index contributed by atoms with van der Waals surface area (Å²) >= 11 is 0. The Balaban J connectivity index is 1.38. The number of hydrogen-bond donors (Lipinski definition) is 0. The molecule has 2 amide bonds. The molecule has 1 fully saturated rings. The number of amides is 2. The number of rotatable bonds is 12. The van der Waals surface area contributed by atoms with E-state index in [0.29, 0.717) is 13.2 Å². The Labute approximate surface area is 246 Å². The zero-order chi connectivity index (χ0) is 29.0. The number of likely N-dealkylation sites (tertiary alicyclic amines) is 1. The molecule has 0 unspecified atom stereocenters. The Kier molecular flexibility index (Phi) is 10.5. The molecule has 7 nitrogen and oxygen atoms in total. The summed E-state index contributed by atoms with van der Waals surface area (Å²) in [5, 5.41) is 0. The SMILES string of the molecule is O=C1C[C@@H](OCc2ccccc2)[C@H](OCc2ccccc2)[C@H](COCc2ccccc2)N1C(=O)OCc1ccccc1. The smallest absolute Gasteiger partial charge is 0.417 e. The maximum absolute atomic E-state index is 13.6. The second-order valence-electron chi connectivity index (χ2n) is 10.2. The fraction of sp³-hybridized carbons (Fsp3) is 0.257. The van der Waals surface area contributed by atoms with Gasteiger partial charge in [0.2, 0.25) is 5.91 Å². The molecule has 0 aromatic heterocycles. The Hall–Kier alpha value is -4.30. The van der Waals surface area contributed by atoms with Gasteiger partial charge < -0.3 is 18.9 Å². The monoisotopic (exact) mass is 565 g/mol. The average Bonchev–Trinajstić information content (AvgIpc) is 3.04. The van der Waals surface area contributed by atoms with Crippen LogP contribution in [0, 0.1) is 0 Å². The molecule has 5 rings (SSSR count). The predicted molar refractivity (Wildman–Crippen MR) is 158 cm³/mol. The van der Waals surface area contributed by atoms with Crippen LogP contribution in [-0.4, -0.2) is 41.8 Å². The zero-order valence-electron chi connectivity index (χ0n) is 23.4. The van der Waals surface area contributed by atoms with Gasteiger partial charge in [0.1, 0.15) is 12.7 Å². The minimum Gasteiger partial charge on any atom is -0.444 e. The largest absolute Gasteiger partial charge is 0.444 e. The van der Waals surface area contributed by atoms with Gasteiger partial charge in [-0.15, -0.1) is 0 Å². The molecule has 42 heavy (non-hydrogen) atoms. The molecule has 0 radical (unpaired) electrons. The third-order valence-electron chi connectivity index (χ3n) is 7.12. The van der Waals surface area contributed by atoms with E-state index >= 15 is 0 Å². The van der Waals surface area contributed by atoms with E-state index in [2.05, 4.69) is 0 Å². The molecular formula is C35H35NO6. The van der Waals surface area contributed by atoms with Crippen molar-refractivity contribution >= 4 is 12.0 Å². The average molecular weight is 566 g/mol. The van der Waals surface area contributed by atoms with Gasteiger partial charge in [0.15, 0.2) is 0 Å². The van der Waals surface area contributed by atoms with Crippen LogP contribution in [-0.2, 0) is 50.2 Å². The Bertz CT molecular complexity index is 1380. The molecule has 1 aliphatic rings. The molecule has 4 aromatic carbocycles. The first kappa shape index (κ1) is 29.2. The number of carbonyl (C=O) groups excluding carboxylic acids is 2. The highest BCUT2D eigenvalue weighted by molar-refractivity contribution is 5.93. The molecule has 1 saturated heterocycles. The first-order valence-electron chi connectivity index (χ1n) is 14.1. The summed E-state index contributed by atoms with van der Waals surface area (Å²) in [6.07, 6.45) is -1.99. The van der Waals surface area contributed by atoms with Crippen molar-refractivity contribution in [2.24, 2.45) is 0 Å². The van der Waals surface area contributed by atoms with Crippen molar-refractivity contribution in [3.05, 3.63) is 144 Å². The normalized spacial score (nSPS) is 18.5. The lowest BCUT2D eigenvalue weighted by molar-refractivity contribution is -0.172. The van der Waals surface area contributed by atoms with E-state index in [4.69, 9.17) is 18.9 Å². The summed E-state index contributed by atoms with van der Waals surface area (Å²) in [4.78, 5) is 28.2. The number of hydrogen-bond acceptors (Lipinski definition) is 6. The highest BCUT2D eigenvalue weighted by Gasteiger charge is 2.47. The van der Waals surface area contributed by atoms with Crippen molar-refractivity contribution in [2.75, 3.05) is 6.61 Å². The zero-order valence-corrected chi connectivity index (χ0v) is 23.4. The number of ether oxygens (including phenoxy) is 4. The van der Waals surface area contributed by atoms with Gasteiger partial charge in [-0.1, -0.05) is 121 Å². The highest BCUT2D eigenvalue weighted by Crippen LogP contribution is 2.28. The molecule has 0 saturated carbocycles. The minimum absolute atomic E-state index is 0.0259. The van der Waals surface area contributed by atoms with E-state index in [9.17, 15) is 9.59 Å². The van der Waals surface area contributed by atoms with Crippen LogP contribution in [0.2, 0.25) is 0 Å². The van der Waals surface area contributed by atoms with Gasteiger partial charge in [-0.2, -0.15) is 0 Å². The van der Waals surface area contributed by atoms with E-state index in [1.165, 1.54) is 0 Å². The van der Waals surface area contributed by atoms with Crippen LogP contribution in [0.4, 0.5) is 4.79 Å². The van der Waals surface area contributed by atoms with Gasteiger partial charge in [-0.05, 0) is 22.3 Å². The first-order valence-corrected chi connectivity index (χ1v) is 14.1. The van der Waals surface area contributed by atoms with E-state index in [0.717, 1.165) is 27.2 Å². The third kappa shape index (κ3) is 8.13. The van der Waals surface area contributed by atoms with Crippen molar-refractivity contribution in [2.45, 2.75) is 51.1 Å². The van der Waals surface area contributed by atoms with Gasteiger partial charge in [-0.25, -0.2) is 9.69 Å². The fourth-order valence-corrected chi connectivity index (χ4v) is 4.95. The van der Waals surface area contributed by atoms with Crippen LogP contribution in [0.25, 0.3) is 0 Å². The lowest BCUT2D eigenvalue weighted by Gasteiger charge is -2.42. The van der Waals surface area contributed by atoms with Crippen molar-refractivity contribution in [1.82, 2.24) is 4.90 Å². The van der Waals surface area contributed by atoms with Crippen molar-refractivity contribution < 1.29 is 28.5 Å². The Morgan fingerprint density at radius 1 is 0.619 bits per heavy atom. The van der Waals surface area contributed by atoms with Crippen LogP contribution < -0.4 is 0 Å². The third-order valence-corrected chi connectivity index (χ3v) is 7.12. The summed E-state index contributed by atoms with van der Waals surface area (Å²) in [6.45, 7) is 1.02. The Morgan fingerprint density at radius 2 is 1.07 bits per heavy atom. The number of carbonyl (C=O) groups is 2. The maximum atomic E-state index is 13.6. The molecule has 1 heterocycles. The molecule has 0 bridgehead atoms.